The normalized spacial score (nSPS) is 17.5. The Labute approximate surface area is 77.6 Å². The molecule has 0 bridgehead atoms. The Morgan fingerprint density at radius 2 is 1.62 bits per heavy atom. The molecule has 3 atom stereocenters. The van der Waals surface area contributed by atoms with Gasteiger partial charge in [-0.15, -0.1) is 0 Å². The van der Waals surface area contributed by atoms with E-state index in [0.717, 1.165) is 0 Å². The van der Waals surface area contributed by atoms with Crippen LogP contribution in [0.2, 0.25) is 0 Å². The van der Waals surface area contributed by atoms with E-state index in [2.05, 4.69) is 0 Å². The van der Waals surface area contributed by atoms with Crippen LogP contribution in [0.5, 0.6) is 0 Å². The summed E-state index contributed by atoms with van der Waals surface area (Å²) in [6, 6.07) is 0. The first-order valence-corrected chi connectivity index (χ1v) is 4.30. The van der Waals surface area contributed by atoms with E-state index < -0.39 is 17.9 Å². The van der Waals surface area contributed by atoms with Gasteiger partial charge in [0.05, 0.1) is 5.92 Å². The third kappa shape index (κ3) is 3.92. The Morgan fingerprint density at radius 1 is 1.15 bits per heavy atom. The van der Waals surface area contributed by atoms with Crippen molar-refractivity contribution in [2.75, 3.05) is 0 Å². The Hall–Kier alpha value is -1.06. The van der Waals surface area contributed by atoms with Gasteiger partial charge in [0, 0.05) is 6.42 Å². The van der Waals surface area contributed by atoms with Crippen LogP contribution in [0, 0.1) is 17.8 Å². The highest BCUT2D eigenvalue weighted by Gasteiger charge is 2.25. The zero-order chi connectivity index (χ0) is 10.6. The zero-order valence-corrected chi connectivity index (χ0v) is 8.15. The summed E-state index contributed by atoms with van der Waals surface area (Å²) < 4.78 is 0. The van der Waals surface area contributed by atoms with Gasteiger partial charge in [0.1, 0.15) is 0 Å². The fourth-order valence-electron chi connectivity index (χ4n) is 1.18. The molecule has 0 spiro atoms. The standard InChI is InChI=1S/C9H16O4/c1-5(4-8(10)11)6(2)7(3)9(12)13/h5-7H,4H2,1-3H3,(H,10,11)(H,12,13). The smallest absolute Gasteiger partial charge is 0.306 e. The molecule has 0 saturated carbocycles. The van der Waals surface area contributed by atoms with Gasteiger partial charge in [0.15, 0.2) is 0 Å². The summed E-state index contributed by atoms with van der Waals surface area (Å²) >= 11 is 0. The van der Waals surface area contributed by atoms with E-state index in [9.17, 15) is 9.59 Å². The van der Waals surface area contributed by atoms with Crippen molar-refractivity contribution >= 4 is 11.9 Å². The molecule has 0 aromatic rings. The predicted molar refractivity (Wildman–Crippen MR) is 47.4 cm³/mol. The van der Waals surface area contributed by atoms with E-state index in [4.69, 9.17) is 10.2 Å². The van der Waals surface area contributed by atoms with Gasteiger partial charge in [-0.1, -0.05) is 20.8 Å². The molecule has 13 heavy (non-hydrogen) atoms. The van der Waals surface area contributed by atoms with Gasteiger partial charge in [-0.05, 0) is 11.8 Å². The topological polar surface area (TPSA) is 74.6 Å². The molecule has 76 valence electrons. The van der Waals surface area contributed by atoms with Crippen molar-refractivity contribution in [1.82, 2.24) is 0 Å². The van der Waals surface area contributed by atoms with Crippen LogP contribution in [0.1, 0.15) is 27.2 Å². The molecule has 0 aromatic carbocycles. The first-order valence-electron chi connectivity index (χ1n) is 4.30. The minimum atomic E-state index is -0.878. The number of carboxylic acid groups (broad SMARTS) is 2. The summed E-state index contributed by atoms with van der Waals surface area (Å²) in [5, 5.41) is 17.2. The average molecular weight is 188 g/mol. The van der Waals surface area contributed by atoms with E-state index in [0.29, 0.717) is 0 Å². The highest BCUT2D eigenvalue weighted by molar-refractivity contribution is 5.70. The lowest BCUT2D eigenvalue weighted by Crippen LogP contribution is -2.25. The summed E-state index contributed by atoms with van der Waals surface area (Å²) in [6.45, 7) is 5.13. The van der Waals surface area contributed by atoms with Crippen LogP contribution >= 0.6 is 0 Å². The van der Waals surface area contributed by atoms with Crippen molar-refractivity contribution in [2.24, 2.45) is 17.8 Å². The largest absolute Gasteiger partial charge is 0.481 e. The molecule has 4 heteroatoms. The highest BCUT2D eigenvalue weighted by atomic mass is 16.4. The maximum Gasteiger partial charge on any atom is 0.306 e. The Bertz CT molecular complexity index is 200. The minimum absolute atomic E-state index is 0.0266. The van der Waals surface area contributed by atoms with Crippen molar-refractivity contribution in [3.63, 3.8) is 0 Å². The van der Waals surface area contributed by atoms with Gasteiger partial charge in [0.25, 0.3) is 0 Å². The molecule has 0 heterocycles. The minimum Gasteiger partial charge on any atom is -0.481 e. The van der Waals surface area contributed by atoms with E-state index in [1.807, 2.05) is 0 Å². The average Bonchev–Trinajstić information content (AvgIpc) is 2.00. The maximum absolute atomic E-state index is 10.6. The molecule has 4 nitrogen and oxygen atoms in total. The van der Waals surface area contributed by atoms with Crippen LogP contribution in [0.3, 0.4) is 0 Å². The van der Waals surface area contributed by atoms with E-state index >= 15 is 0 Å². The molecule has 0 aliphatic heterocycles. The second-order valence-electron chi connectivity index (χ2n) is 3.56. The van der Waals surface area contributed by atoms with Crippen molar-refractivity contribution < 1.29 is 19.8 Å². The molecule has 0 aromatic heterocycles. The molecule has 0 aliphatic rings. The zero-order valence-electron chi connectivity index (χ0n) is 8.15. The van der Waals surface area contributed by atoms with E-state index in [-0.39, 0.29) is 18.3 Å². The van der Waals surface area contributed by atoms with Crippen LogP contribution in [0.4, 0.5) is 0 Å². The molecule has 3 unspecified atom stereocenters. The van der Waals surface area contributed by atoms with Crippen molar-refractivity contribution in [3.05, 3.63) is 0 Å². The summed E-state index contributed by atoms with van der Waals surface area (Å²) in [6.07, 6.45) is 0.0266. The molecule has 0 saturated heterocycles. The Kier molecular flexibility index (Phi) is 4.45. The van der Waals surface area contributed by atoms with Gasteiger partial charge in [-0.25, -0.2) is 0 Å². The number of rotatable bonds is 5. The van der Waals surface area contributed by atoms with Crippen LogP contribution in [-0.2, 0) is 9.59 Å². The monoisotopic (exact) mass is 188 g/mol. The number of hydrogen-bond donors (Lipinski definition) is 2. The molecule has 0 rings (SSSR count). The van der Waals surface area contributed by atoms with Gasteiger partial charge < -0.3 is 10.2 Å². The fourth-order valence-corrected chi connectivity index (χ4v) is 1.18. The second-order valence-corrected chi connectivity index (χ2v) is 3.56. The number of hydrogen-bond acceptors (Lipinski definition) is 2. The molecule has 0 aliphatic carbocycles. The molecule has 0 amide bonds. The second kappa shape index (κ2) is 4.84. The lowest BCUT2D eigenvalue weighted by atomic mass is 9.83. The van der Waals surface area contributed by atoms with Gasteiger partial charge in [-0.3, -0.25) is 9.59 Å². The Balaban J connectivity index is 4.16. The fraction of sp³-hybridized carbons (Fsp3) is 0.778. The van der Waals surface area contributed by atoms with Gasteiger partial charge >= 0.3 is 11.9 Å². The Morgan fingerprint density at radius 3 is 1.92 bits per heavy atom. The molecule has 0 radical (unpaired) electrons. The van der Waals surface area contributed by atoms with E-state index in [1.54, 1.807) is 20.8 Å². The first kappa shape index (κ1) is 11.9. The van der Waals surface area contributed by atoms with Crippen LogP contribution in [0.25, 0.3) is 0 Å². The van der Waals surface area contributed by atoms with Crippen molar-refractivity contribution in [2.45, 2.75) is 27.2 Å². The number of carboxylic acids is 2. The van der Waals surface area contributed by atoms with Crippen molar-refractivity contribution in [3.8, 4) is 0 Å². The molecular formula is C9H16O4. The molecule has 2 N–H and O–H groups in total. The molecular weight excluding hydrogens is 172 g/mol. The third-order valence-corrected chi connectivity index (χ3v) is 2.57. The lowest BCUT2D eigenvalue weighted by molar-refractivity contribution is -0.145. The van der Waals surface area contributed by atoms with E-state index in [1.165, 1.54) is 0 Å². The quantitative estimate of drug-likeness (QED) is 0.684. The molecule has 0 fully saturated rings. The van der Waals surface area contributed by atoms with Crippen molar-refractivity contribution in [1.29, 1.82) is 0 Å². The maximum atomic E-state index is 10.6. The van der Waals surface area contributed by atoms with Crippen LogP contribution in [-0.4, -0.2) is 22.2 Å². The van der Waals surface area contributed by atoms with Crippen LogP contribution in [0.15, 0.2) is 0 Å². The first-order chi connectivity index (χ1) is 5.86. The van der Waals surface area contributed by atoms with Gasteiger partial charge in [0.2, 0.25) is 0 Å². The lowest BCUT2D eigenvalue weighted by Gasteiger charge is -2.21. The predicted octanol–water partition coefficient (Wildman–Crippen LogP) is 1.45. The van der Waals surface area contributed by atoms with Crippen LogP contribution < -0.4 is 0 Å². The summed E-state index contributed by atoms with van der Waals surface area (Å²) in [5.74, 6) is -2.46. The summed E-state index contributed by atoms with van der Waals surface area (Å²) in [4.78, 5) is 20.9. The van der Waals surface area contributed by atoms with Gasteiger partial charge in [-0.2, -0.15) is 0 Å². The summed E-state index contributed by atoms with van der Waals surface area (Å²) in [7, 11) is 0. The number of carbonyl (C=O) groups is 2. The number of aliphatic carboxylic acids is 2. The highest BCUT2D eigenvalue weighted by Crippen LogP contribution is 2.23. The summed E-state index contributed by atoms with van der Waals surface area (Å²) in [5.41, 5.74) is 0. The SMILES string of the molecule is CC(CC(=O)O)C(C)C(C)C(=O)O. The third-order valence-electron chi connectivity index (χ3n) is 2.57.